The number of hydrogen-bond acceptors (Lipinski definition) is 9. The fraction of sp³-hybridized carbons (Fsp3) is 0.974. The molecule has 0 aliphatic carbocycles. The van der Waals surface area contributed by atoms with Crippen LogP contribution in [-0.2, 0) is 14.3 Å². The number of aliphatic hydroxyl groups is 6. The summed E-state index contributed by atoms with van der Waals surface area (Å²) in [5, 5.41) is 64.0. The standard InChI is InChI=1S/C38H75NO9/c1-3-5-7-8-9-10-11-12-13-14-15-16-17-18-19-20-21-22-23-25-27-33(42)39-30(34(43)31(41)26-24-6-4-2)29-47-38-37(46)36(45)35(44)32(28-40)48-38/h30-32,34-38,40-41,43-46H,3-29H2,1-2H3,(H,39,42)/t30-,31+,32?,34-,35?,36?,37?,38?/m0/s1. The van der Waals surface area contributed by atoms with E-state index in [1.165, 1.54) is 103 Å². The van der Waals surface area contributed by atoms with E-state index in [4.69, 9.17) is 9.47 Å². The number of amides is 1. The highest BCUT2D eigenvalue weighted by molar-refractivity contribution is 5.76. The number of unbranched alkanes of at least 4 members (excludes halogenated alkanes) is 21. The topological polar surface area (TPSA) is 169 Å². The predicted molar refractivity (Wildman–Crippen MR) is 190 cm³/mol. The van der Waals surface area contributed by atoms with Gasteiger partial charge in [-0.05, 0) is 12.8 Å². The van der Waals surface area contributed by atoms with Gasteiger partial charge in [-0.25, -0.2) is 0 Å². The third-order valence-electron chi connectivity index (χ3n) is 9.80. The molecule has 1 aliphatic heterocycles. The number of carbonyl (C=O) groups is 1. The van der Waals surface area contributed by atoms with Crippen LogP contribution in [0.15, 0.2) is 0 Å². The van der Waals surface area contributed by atoms with Crippen molar-refractivity contribution in [1.29, 1.82) is 0 Å². The maximum Gasteiger partial charge on any atom is 0.220 e. The summed E-state index contributed by atoms with van der Waals surface area (Å²) in [4.78, 5) is 12.8. The van der Waals surface area contributed by atoms with Crippen molar-refractivity contribution in [2.45, 2.75) is 223 Å². The summed E-state index contributed by atoms with van der Waals surface area (Å²) in [5.41, 5.74) is 0. The molecule has 0 spiro atoms. The van der Waals surface area contributed by atoms with E-state index in [0.29, 0.717) is 6.42 Å². The van der Waals surface area contributed by atoms with Crippen LogP contribution >= 0.6 is 0 Å². The Morgan fingerprint density at radius 3 is 1.54 bits per heavy atom. The average Bonchev–Trinajstić information content (AvgIpc) is 3.08. The maximum absolute atomic E-state index is 12.8. The first-order valence-electron chi connectivity index (χ1n) is 19.8. The molecule has 1 saturated heterocycles. The highest BCUT2D eigenvalue weighted by atomic mass is 16.7. The summed E-state index contributed by atoms with van der Waals surface area (Å²) >= 11 is 0. The van der Waals surface area contributed by atoms with Gasteiger partial charge in [-0.3, -0.25) is 4.79 Å². The van der Waals surface area contributed by atoms with Crippen molar-refractivity contribution in [3.63, 3.8) is 0 Å². The summed E-state index contributed by atoms with van der Waals surface area (Å²) in [7, 11) is 0. The molecule has 1 fully saturated rings. The van der Waals surface area contributed by atoms with Crippen LogP contribution in [0.25, 0.3) is 0 Å². The van der Waals surface area contributed by atoms with Crippen molar-refractivity contribution in [2.24, 2.45) is 0 Å². The molecule has 0 bridgehead atoms. The predicted octanol–water partition coefficient (Wildman–Crippen LogP) is 5.80. The van der Waals surface area contributed by atoms with E-state index in [1.54, 1.807) is 0 Å². The quantitative estimate of drug-likeness (QED) is 0.0432. The Balaban J connectivity index is 2.23. The Kier molecular flexibility index (Phi) is 28.1. The molecule has 1 amide bonds. The zero-order chi connectivity index (χ0) is 35.4. The first-order chi connectivity index (χ1) is 23.3. The maximum atomic E-state index is 12.8. The van der Waals surface area contributed by atoms with Gasteiger partial charge >= 0.3 is 0 Å². The Labute approximate surface area is 292 Å². The zero-order valence-corrected chi connectivity index (χ0v) is 30.6. The van der Waals surface area contributed by atoms with Gasteiger partial charge in [-0.2, -0.15) is 0 Å². The normalized spacial score (nSPS) is 23.2. The van der Waals surface area contributed by atoms with Crippen LogP contribution in [0.5, 0.6) is 0 Å². The summed E-state index contributed by atoms with van der Waals surface area (Å²) in [5.74, 6) is -0.264. The molecule has 0 radical (unpaired) electrons. The van der Waals surface area contributed by atoms with Gasteiger partial charge in [0.25, 0.3) is 0 Å². The second-order valence-corrected chi connectivity index (χ2v) is 14.2. The smallest absolute Gasteiger partial charge is 0.220 e. The summed E-state index contributed by atoms with van der Waals surface area (Å²) in [6, 6.07) is -0.980. The monoisotopic (exact) mass is 690 g/mol. The second kappa shape index (κ2) is 29.8. The highest BCUT2D eigenvalue weighted by Crippen LogP contribution is 2.23. The van der Waals surface area contributed by atoms with Crippen molar-refractivity contribution in [3.8, 4) is 0 Å². The van der Waals surface area contributed by atoms with Crippen molar-refractivity contribution in [1.82, 2.24) is 5.32 Å². The second-order valence-electron chi connectivity index (χ2n) is 14.2. The summed E-state index contributed by atoms with van der Waals surface area (Å²) in [6.07, 6.45) is 19.3. The molecule has 0 aromatic carbocycles. The average molecular weight is 690 g/mol. The lowest BCUT2D eigenvalue weighted by Gasteiger charge is -2.40. The lowest BCUT2D eigenvalue weighted by atomic mass is 9.99. The number of carbonyl (C=O) groups excluding carboxylic acids is 1. The van der Waals surface area contributed by atoms with E-state index in [1.807, 2.05) is 6.92 Å². The molecule has 0 saturated carbocycles. The number of ether oxygens (including phenoxy) is 2. The van der Waals surface area contributed by atoms with Gasteiger partial charge < -0.3 is 45.4 Å². The first kappa shape index (κ1) is 45.2. The van der Waals surface area contributed by atoms with Crippen LogP contribution in [0.3, 0.4) is 0 Å². The van der Waals surface area contributed by atoms with Crippen molar-refractivity contribution in [3.05, 3.63) is 0 Å². The molecule has 48 heavy (non-hydrogen) atoms. The molecule has 0 aromatic rings. The minimum absolute atomic E-state index is 0.264. The Morgan fingerprint density at radius 2 is 1.08 bits per heavy atom. The van der Waals surface area contributed by atoms with Crippen LogP contribution in [0, 0.1) is 0 Å². The molecular weight excluding hydrogens is 614 g/mol. The number of nitrogens with one attached hydrogen (secondary N) is 1. The number of hydrogen-bond donors (Lipinski definition) is 7. The minimum Gasteiger partial charge on any atom is -0.394 e. The summed E-state index contributed by atoms with van der Waals surface area (Å²) < 4.78 is 11.0. The third kappa shape index (κ3) is 20.7. The molecule has 1 aliphatic rings. The van der Waals surface area contributed by atoms with E-state index in [0.717, 1.165) is 44.9 Å². The van der Waals surface area contributed by atoms with Gasteiger partial charge in [0, 0.05) is 6.42 Å². The molecule has 10 nitrogen and oxygen atoms in total. The van der Waals surface area contributed by atoms with Gasteiger partial charge in [0.15, 0.2) is 6.29 Å². The van der Waals surface area contributed by atoms with E-state index in [9.17, 15) is 35.4 Å². The van der Waals surface area contributed by atoms with Crippen LogP contribution in [0.4, 0.5) is 0 Å². The van der Waals surface area contributed by atoms with Crippen LogP contribution in [0.1, 0.15) is 174 Å². The van der Waals surface area contributed by atoms with Gasteiger partial charge in [-0.1, -0.05) is 155 Å². The lowest BCUT2D eigenvalue weighted by molar-refractivity contribution is -0.303. The molecule has 7 N–H and O–H groups in total. The number of rotatable bonds is 32. The molecule has 10 heteroatoms. The fourth-order valence-corrected chi connectivity index (χ4v) is 6.49. The molecule has 0 aromatic heterocycles. The highest BCUT2D eigenvalue weighted by Gasteiger charge is 2.44. The SMILES string of the molecule is CCCCCCCCCCCCCCCCCCCCCCC(=O)N[C@@H](COC1OC(CO)C(O)C(O)C1O)[C@H](O)[C@H](O)CCCCC. The van der Waals surface area contributed by atoms with Gasteiger partial charge in [0.2, 0.25) is 5.91 Å². The molecule has 5 unspecified atom stereocenters. The van der Waals surface area contributed by atoms with E-state index in [-0.39, 0.29) is 18.9 Å². The van der Waals surface area contributed by atoms with E-state index >= 15 is 0 Å². The molecule has 1 heterocycles. The van der Waals surface area contributed by atoms with Gasteiger partial charge in [0.1, 0.15) is 30.5 Å². The largest absolute Gasteiger partial charge is 0.394 e. The van der Waals surface area contributed by atoms with Crippen molar-refractivity contribution < 1.29 is 44.9 Å². The van der Waals surface area contributed by atoms with Crippen LogP contribution in [0.2, 0.25) is 0 Å². The Bertz CT molecular complexity index is 743. The molecule has 8 atom stereocenters. The van der Waals surface area contributed by atoms with Gasteiger partial charge in [0.05, 0.1) is 25.4 Å². The van der Waals surface area contributed by atoms with Gasteiger partial charge in [-0.15, -0.1) is 0 Å². The van der Waals surface area contributed by atoms with E-state index < -0.39 is 55.6 Å². The Hall–Kier alpha value is -0.850. The van der Waals surface area contributed by atoms with Crippen molar-refractivity contribution >= 4 is 5.91 Å². The van der Waals surface area contributed by atoms with Crippen LogP contribution < -0.4 is 5.32 Å². The molecule has 286 valence electrons. The fourth-order valence-electron chi connectivity index (χ4n) is 6.49. The lowest BCUT2D eigenvalue weighted by Crippen LogP contribution is -2.60. The van der Waals surface area contributed by atoms with E-state index in [2.05, 4.69) is 12.2 Å². The zero-order valence-electron chi connectivity index (χ0n) is 30.6. The van der Waals surface area contributed by atoms with Crippen LogP contribution in [-0.4, -0.2) is 98.7 Å². The first-order valence-corrected chi connectivity index (χ1v) is 19.8. The number of aliphatic hydroxyl groups excluding tert-OH is 6. The van der Waals surface area contributed by atoms with Crippen molar-refractivity contribution in [2.75, 3.05) is 13.2 Å². The molecule has 1 rings (SSSR count). The minimum atomic E-state index is -1.60. The Morgan fingerprint density at radius 1 is 0.646 bits per heavy atom. The summed E-state index contributed by atoms with van der Waals surface area (Å²) in [6.45, 7) is 3.41. The molecular formula is C38H75NO9. The third-order valence-corrected chi connectivity index (χ3v) is 9.80.